The van der Waals surface area contributed by atoms with Crippen molar-refractivity contribution in [2.75, 3.05) is 13.7 Å². The minimum absolute atomic E-state index is 0.0373. The number of aliphatic hydroxyl groups is 1. The van der Waals surface area contributed by atoms with Crippen molar-refractivity contribution in [3.05, 3.63) is 30.6 Å². The third-order valence-corrected chi connectivity index (χ3v) is 3.53. The van der Waals surface area contributed by atoms with Crippen LogP contribution < -0.4 is 0 Å². The van der Waals surface area contributed by atoms with Crippen LogP contribution in [0.25, 0.3) is 11.0 Å². The number of carbonyl (C=O) groups is 1. The summed E-state index contributed by atoms with van der Waals surface area (Å²) in [4.78, 5) is 18.2. The summed E-state index contributed by atoms with van der Waals surface area (Å²) in [5.74, 6) is -0.0373. The van der Waals surface area contributed by atoms with Gasteiger partial charge >= 0.3 is 0 Å². The number of amides is 1. The van der Waals surface area contributed by atoms with Gasteiger partial charge in [0.05, 0.1) is 30.0 Å². The number of rotatable bonds is 4. The van der Waals surface area contributed by atoms with Crippen molar-refractivity contribution >= 4 is 16.9 Å². The summed E-state index contributed by atoms with van der Waals surface area (Å²) in [5.41, 5.74) is 1.81. The number of nitrogens with zero attached hydrogens (tertiary/aromatic N) is 3. The van der Waals surface area contributed by atoms with Crippen molar-refractivity contribution in [1.82, 2.24) is 14.5 Å². The molecule has 1 N–H and O–H groups in total. The molecule has 0 aliphatic rings. The Kier molecular flexibility index (Phi) is 3.85. The maximum atomic E-state index is 12.4. The van der Waals surface area contributed by atoms with Crippen LogP contribution in [0.15, 0.2) is 30.6 Å². The van der Waals surface area contributed by atoms with Crippen molar-refractivity contribution in [1.29, 1.82) is 0 Å². The Bertz CT molecular complexity index is 579. The van der Waals surface area contributed by atoms with E-state index in [1.54, 1.807) is 18.3 Å². The lowest BCUT2D eigenvalue weighted by molar-refractivity contribution is -0.135. The SMILES string of the molecule is CC(CO)N(C)C(=O)C(C)n1cnc2ccccc21. The van der Waals surface area contributed by atoms with Crippen LogP contribution in [0.1, 0.15) is 19.9 Å². The molecule has 102 valence electrons. The molecule has 0 radical (unpaired) electrons. The van der Waals surface area contributed by atoms with Gasteiger partial charge in [-0.15, -0.1) is 0 Å². The molecule has 1 amide bonds. The molecule has 1 heterocycles. The highest BCUT2D eigenvalue weighted by molar-refractivity contribution is 5.83. The molecule has 1 aromatic carbocycles. The van der Waals surface area contributed by atoms with Crippen LogP contribution >= 0.6 is 0 Å². The molecule has 2 rings (SSSR count). The first-order valence-electron chi connectivity index (χ1n) is 6.35. The van der Waals surface area contributed by atoms with E-state index in [1.807, 2.05) is 42.7 Å². The highest BCUT2D eigenvalue weighted by Crippen LogP contribution is 2.19. The van der Waals surface area contributed by atoms with Gasteiger partial charge in [0.2, 0.25) is 5.91 Å². The normalized spacial score (nSPS) is 14.3. The highest BCUT2D eigenvalue weighted by Gasteiger charge is 2.23. The van der Waals surface area contributed by atoms with Gasteiger partial charge in [-0.3, -0.25) is 4.79 Å². The smallest absolute Gasteiger partial charge is 0.245 e. The van der Waals surface area contributed by atoms with E-state index in [9.17, 15) is 4.79 Å². The fourth-order valence-corrected chi connectivity index (χ4v) is 2.04. The van der Waals surface area contributed by atoms with Gasteiger partial charge in [-0.25, -0.2) is 4.98 Å². The minimum atomic E-state index is -0.341. The van der Waals surface area contributed by atoms with Gasteiger partial charge in [0.15, 0.2) is 0 Å². The number of fused-ring (bicyclic) bond motifs is 1. The van der Waals surface area contributed by atoms with E-state index in [0.717, 1.165) is 11.0 Å². The Balaban J connectivity index is 2.29. The number of aliphatic hydroxyl groups excluding tert-OH is 1. The number of hydrogen-bond donors (Lipinski definition) is 1. The standard InChI is InChI=1S/C14H19N3O2/c1-10(8-18)16(3)14(19)11(2)17-9-15-12-6-4-5-7-13(12)17/h4-7,9-11,18H,8H2,1-3H3. The van der Waals surface area contributed by atoms with Gasteiger partial charge in [0.1, 0.15) is 6.04 Å². The largest absolute Gasteiger partial charge is 0.394 e. The first kappa shape index (κ1) is 13.5. The average Bonchev–Trinajstić information content (AvgIpc) is 2.87. The molecule has 2 atom stereocenters. The third-order valence-electron chi connectivity index (χ3n) is 3.53. The Morgan fingerprint density at radius 1 is 1.42 bits per heavy atom. The van der Waals surface area contributed by atoms with Gasteiger partial charge in [-0.05, 0) is 26.0 Å². The lowest BCUT2D eigenvalue weighted by atomic mass is 10.2. The van der Waals surface area contributed by atoms with Gasteiger partial charge in [-0.2, -0.15) is 0 Å². The number of carbonyl (C=O) groups excluding carboxylic acids is 1. The zero-order valence-electron chi connectivity index (χ0n) is 11.4. The fourth-order valence-electron chi connectivity index (χ4n) is 2.04. The van der Waals surface area contributed by atoms with Crippen LogP contribution in [0, 0.1) is 0 Å². The quantitative estimate of drug-likeness (QED) is 0.906. The summed E-state index contributed by atoms with van der Waals surface area (Å²) < 4.78 is 1.86. The van der Waals surface area contributed by atoms with Crippen LogP contribution in [-0.2, 0) is 4.79 Å². The van der Waals surface area contributed by atoms with Crippen LogP contribution in [0.3, 0.4) is 0 Å². The average molecular weight is 261 g/mol. The van der Waals surface area contributed by atoms with Crippen molar-refractivity contribution in [3.8, 4) is 0 Å². The van der Waals surface area contributed by atoms with Crippen molar-refractivity contribution in [2.24, 2.45) is 0 Å². The monoisotopic (exact) mass is 261 g/mol. The van der Waals surface area contributed by atoms with Crippen molar-refractivity contribution in [2.45, 2.75) is 25.9 Å². The Morgan fingerprint density at radius 3 is 2.79 bits per heavy atom. The fraction of sp³-hybridized carbons (Fsp3) is 0.429. The maximum Gasteiger partial charge on any atom is 0.245 e. The molecule has 0 saturated carbocycles. The topological polar surface area (TPSA) is 58.4 Å². The van der Waals surface area contributed by atoms with Crippen molar-refractivity contribution in [3.63, 3.8) is 0 Å². The van der Waals surface area contributed by atoms with Gasteiger partial charge < -0.3 is 14.6 Å². The molecule has 0 fully saturated rings. The molecule has 1 aromatic heterocycles. The number of hydrogen-bond acceptors (Lipinski definition) is 3. The molecule has 0 aliphatic heterocycles. The molecular weight excluding hydrogens is 242 g/mol. The molecule has 5 heteroatoms. The molecule has 19 heavy (non-hydrogen) atoms. The van der Waals surface area contributed by atoms with E-state index in [0.29, 0.717) is 0 Å². The third kappa shape index (κ3) is 2.46. The number of imidazole rings is 1. The molecule has 0 spiro atoms. The van der Waals surface area contributed by atoms with Gasteiger partial charge in [0.25, 0.3) is 0 Å². The minimum Gasteiger partial charge on any atom is -0.394 e. The van der Waals surface area contributed by atoms with Crippen LogP contribution in [-0.4, -0.2) is 45.2 Å². The summed E-state index contributed by atoms with van der Waals surface area (Å²) in [6.07, 6.45) is 1.69. The van der Waals surface area contributed by atoms with Crippen LogP contribution in [0.5, 0.6) is 0 Å². The molecular formula is C14H19N3O2. The van der Waals surface area contributed by atoms with Crippen LogP contribution in [0.4, 0.5) is 0 Å². The lowest BCUT2D eigenvalue weighted by Crippen LogP contribution is -2.40. The molecule has 2 unspecified atom stereocenters. The lowest BCUT2D eigenvalue weighted by Gasteiger charge is -2.27. The molecule has 0 saturated heterocycles. The van der Waals surface area contributed by atoms with Crippen LogP contribution in [0.2, 0.25) is 0 Å². The predicted molar refractivity (Wildman–Crippen MR) is 73.8 cm³/mol. The van der Waals surface area contributed by atoms with Gasteiger partial charge in [0, 0.05) is 7.05 Å². The maximum absolute atomic E-state index is 12.4. The van der Waals surface area contributed by atoms with E-state index >= 15 is 0 Å². The molecule has 0 aliphatic carbocycles. The molecule has 2 aromatic rings. The van der Waals surface area contributed by atoms with Gasteiger partial charge in [-0.1, -0.05) is 12.1 Å². The number of para-hydroxylation sites is 2. The summed E-state index contributed by atoms with van der Waals surface area (Å²) in [5, 5.41) is 9.13. The molecule has 5 nitrogen and oxygen atoms in total. The Morgan fingerprint density at radius 2 is 2.11 bits per heavy atom. The Hall–Kier alpha value is -1.88. The van der Waals surface area contributed by atoms with E-state index in [1.165, 1.54) is 0 Å². The summed E-state index contributed by atoms with van der Waals surface area (Å²) >= 11 is 0. The second kappa shape index (κ2) is 5.40. The zero-order chi connectivity index (χ0) is 14.0. The van der Waals surface area contributed by atoms with E-state index in [-0.39, 0.29) is 24.6 Å². The zero-order valence-corrected chi connectivity index (χ0v) is 11.4. The van der Waals surface area contributed by atoms with E-state index in [2.05, 4.69) is 4.98 Å². The second-order valence-corrected chi connectivity index (χ2v) is 4.80. The Labute approximate surface area is 112 Å². The van der Waals surface area contributed by atoms with E-state index in [4.69, 9.17) is 5.11 Å². The molecule has 0 bridgehead atoms. The summed E-state index contributed by atoms with van der Waals surface area (Å²) in [7, 11) is 1.71. The first-order valence-corrected chi connectivity index (χ1v) is 6.35. The number of aromatic nitrogens is 2. The highest BCUT2D eigenvalue weighted by atomic mass is 16.3. The number of likely N-dealkylation sites (N-methyl/N-ethyl adjacent to an activating group) is 1. The summed E-state index contributed by atoms with van der Waals surface area (Å²) in [6.45, 7) is 3.62. The second-order valence-electron chi connectivity index (χ2n) is 4.80. The summed E-state index contributed by atoms with van der Waals surface area (Å²) in [6, 6.07) is 7.19. The van der Waals surface area contributed by atoms with E-state index < -0.39 is 0 Å². The number of benzene rings is 1. The van der Waals surface area contributed by atoms with Crippen molar-refractivity contribution < 1.29 is 9.90 Å². The predicted octanol–water partition coefficient (Wildman–Crippen LogP) is 1.44. The first-order chi connectivity index (χ1) is 9.06.